The molecule has 0 saturated heterocycles. The van der Waals surface area contributed by atoms with Gasteiger partial charge in [0.1, 0.15) is 11.6 Å². The fourth-order valence-electron chi connectivity index (χ4n) is 2.01. The fraction of sp³-hybridized carbons (Fsp3) is 0.0556. The Hall–Kier alpha value is -3.02. The van der Waals surface area contributed by atoms with Crippen molar-refractivity contribution in [2.45, 2.75) is 6.18 Å². The molecule has 5 nitrogen and oxygen atoms in total. The standard InChI is InChI=1S/C18H10Cl2F3N3O2/c19-13-5-2-6-14(15(13)20)26-16(27)11(9-24)7-10-3-1-4-12(8-10)25-17(28)18(21,22)23/h1-8H,(H,25,28)(H,26,27)/b11-7+. The van der Waals surface area contributed by atoms with E-state index in [-0.39, 0.29) is 32.6 Å². The number of carbonyl (C=O) groups excluding carboxylic acids is 2. The van der Waals surface area contributed by atoms with Crippen molar-refractivity contribution in [2.24, 2.45) is 0 Å². The van der Waals surface area contributed by atoms with Crippen LogP contribution in [0.3, 0.4) is 0 Å². The lowest BCUT2D eigenvalue weighted by Gasteiger charge is -2.09. The van der Waals surface area contributed by atoms with Crippen LogP contribution < -0.4 is 10.6 Å². The topological polar surface area (TPSA) is 82.0 Å². The minimum absolute atomic E-state index is 0.0895. The molecule has 2 aromatic carbocycles. The molecule has 0 saturated carbocycles. The number of rotatable bonds is 4. The molecule has 2 amide bonds. The summed E-state index contributed by atoms with van der Waals surface area (Å²) in [5.74, 6) is -2.93. The smallest absolute Gasteiger partial charge is 0.320 e. The number of alkyl halides is 3. The molecule has 0 spiro atoms. The van der Waals surface area contributed by atoms with Crippen molar-refractivity contribution in [3.63, 3.8) is 0 Å². The van der Waals surface area contributed by atoms with E-state index in [9.17, 15) is 28.0 Å². The zero-order chi connectivity index (χ0) is 20.9. The molecule has 0 bridgehead atoms. The highest BCUT2D eigenvalue weighted by Gasteiger charge is 2.38. The lowest BCUT2D eigenvalue weighted by Crippen LogP contribution is -2.29. The predicted molar refractivity (Wildman–Crippen MR) is 99.8 cm³/mol. The fourth-order valence-corrected chi connectivity index (χ4v) is 2.36. The van der Waals surface area contributed by atoms with Gasteiger partial charge in [-0.25, -0.2) is 0 Å². The van der Waals surface area contributed by atoms with Gasteiger partial charge in [-0.3, -0.25) is 9.59 Å². The molecule has 0 aromatic heterocycles. The molecule has 144 valence electrons. The van der Waals surface area contributed by atoms with E-state index in [1.165, 1.54) is 36.4 Å². The summed E-state index contributed by atoms with van der Waals surface area (Å²) in [6, 6.07) is 11.5. The van der Waals surface area contributed by atoms with E-state index < -0.39 is 18.0 Å². The molecule has 0 atom stereocenters. The van der Waals surface area contributed by atoms with Gasteiger partial charge in [-0.1, -0.05) is 41.4 Å². The number of anilines is 2. The number of hydrogen-bond acceptors (Lipinski definition) is 3. The van der Waals surface area contributed by atoms with Crippen molar-refractivity contribution in [1.82, 2.24) is 0 Å². The van der Waals surface area contributed by atoms with E-state index in [0.29, 0.717) is 0 Å². The molecule has 28 heavy (non-hydrogen) atoms. The van der Waals surface area contributed by atoms with Crippen LogP contribution in [0.2, 0.25) is 10.0 Å². The van der Waals surface area contributed by atoms with Crippen LogP contribution in [0, 0.1) is 11.3 Å². The third-order valence-corrected chi connectivity index (χ3v) is 4.10. The maximum absolute atomic E-state index is 12.3. The minimum atomic E-state index is -5.04. The predicted octanol–water partition coefficient (Wildman–Crippen LogP) is 5.04. The molecule has 0 aliphatic rings. The van der Waals surface area contributed by atoms with Crippen LogP contribution in [0.5, 0.6) is 0 Å². The summed E-state index contributed by atoms with van der Waals surface area (Å²) < 4.78 is 37.0. The van der Waals surface area contributed by atoms with Gasteiger partial charge in [0, 0.05) is 5.69 Å². The lowest BCUT2D eigenvalue weighted by atomic mass is 10.1. The highest BCUT2D eigenvalue weighted by molar-refractivity contribution is 6.44. The summed E-state index contributed by atoms with van der Waals surface area (Å²) in [4.78, 5) is 23.3. The first kappa shape index (κ1) is 21.3. The average Bonchev–Trinajstić information content (AvgIpc) is 2.63. The largest absolute Gasteiger partial charge is 0.471 e. The monoisotopic (exact) mass is 427 g/mol. The Morgan fingerprint density at radius 2 is 1.75 bits per heavy atom. The number of carbonyl (C=O) groups is 2. The van der Waals surface area contributed by atoms with Gasteiger partial charge >= 0.3 is 12.1 Å². The Labute approximate surface area is 167 Å². The number of nitrogens with zero attached hydrogens (tertiary/aromatic N) is 1. The quantitative estimate of drug-likeness (QED) is 0.529. The van der Waals surface area contributed by atoms with Crippen molar-refractivity contribution in [1.29, 1.82) is 5.26 Å². The third kappa shape index (κ3) is 5.49. The number of amides is 2. The molecule has 0 heterocycles. The van der Waals surface area contributed by atoms with Crippen molar-refractivity contribution in [3.8, 4) is 6.07 Å². The lowest BCUT2D eigenvalue weighted by molar-refractivity contribution is -0.167. The average molecular weight is 428 g/mol. The first-order valence-electron chi connectivity index (χ1n) is 7.47. The molecule has 0 fully saturated rings. The van der Waals surface area contributed by atoms with Crippen molar-refractivity contribution in [3.05, 3.63) is 63.6 Å². The van der Waals surface area contributed by atoms with E-state index in [2.05, 4.69) is 5.32 Å². The van der Waals surface area contributed by atoms with E-state index >= 15 is 0 Å². The first-order chi connectivity index (χ1) is 13.1. The molecule has 0 unspecified atom stereocenters. The number of hydrogen-bond donors (Lipinski definition) is 2. The number of halogens is 5. The molecule has 2 aromatic rings. The number of benzene rings is 2. The summed E-state index contributed by atoms with van der Waals surface area (Å²) in [5, 5.41) is 13.6. The molecular formula is C18H10Cl2F3N3O2. The SMILES string of the molecule is N#C/C(=C\c1cccc(NC(=O)C(F)(F)F)c1)C(=O)Nc1cccc(Cl)c1Cl. The van der Waals surface area contributed by atoms with Gasteiger partial charge in [-0.15, -0.1) is 0 Å². The van der Waals surface area contributed by atoms with Gasteiger partial charge in [-0.2, -0.15) is 18.4 Å². The Kier molecular flexibility index (Phi) is 6.67. The van der Waals surface area contributed by atoms with Crippen LogP contribution in [-0.4, -0.2) is 18.0 Å². The zero-order valence-corrected chi connectivity index (χ0v) is 15.3. The molecule has 2 N–H and O–H groups in total. The van der Waals surface area contributed by atoms with Gasteiger partial charge in [0.15, 0.2) is 0 Å². The van der Waals surface area contributed by atoms with Crippen LogP contribution in [-0.2, 0) is 9.59 Å². The first-order valence-corrected chi connectivity index (χ1v) is 8.23. The molecule has 0 aliphatic heterocycles. The zero-order valence-electron chi connectivity index (χ0n) is 13.8. The van der Waals surface area contributed by atoms with Crippen molar-refractivity contribution in [2.75, 3.05) is 10.6 Å². The van der Waals surface area contributed by atoms with Gasteiger partial charge < -0.3 is 10.6 Å². The summed E-state index contributed by atoms with van der Waals surface area (Å²) in [7, 11) is 0. The van der Waals surface area contributed by atoms with Crippen molar-refractivity contribution < 1.29 is 22.8 Å². The summed E-state index contributed by atoms with van der Waals surface area (Å²) >= 11 is 11.8. The molecule has 10 heteroatoms. The molecule has 0 radical (unpaired) electrons. The summed E-state index contributed by atoms with van der Waals surface area (Å²) in [5.41, 5.74) is -0.0719. The van der Waals surface area contributed by atoms with Gasteiger partial charge in [0.2, 0.25) is 0 Å². The van der Waals surface area contributed by atoms with E-state index in [1.807, 2.05) is 0 Å². The third-order valence-electron chi connectivity index (χ3n) is 3.28. The number of nitriles is 1. The van der Waals surface area contributed by atoms with Crippen LogP contribution in [0.25, 0.3) is 6.08 Å². The Morgan fingerprint density at radius 1 is 1.07 bits per heavy atom. The second-order valence-electron chi connectivity index (χ2n) is 5.30. The highest BCUT2D eigenvalue weighted by Crippen LogP contribution is 2.30. The van der Waals surface area contributed by atoms with E-state index in [4.69, 9.17) is 23.2 Å². The number of nitrogens with one attached hydrogen (secondary N) is 2. The highest BCUT2D eigenvalue weighted by atomic mass is 35.5. The minimum Gasteiger partial charge on any atom is -0.320 e. The maximum Gasteiger partial charge on any atom is 0.471 e. The van der Waals surface area contributed by atoms with Gasteiger partial charge in [0.25, 0.3) is 5.91 Å². The summed E-state index contributed by atoms with van der Waals surface area (Å²) in [6.45, 7) is 0. The van der Waals surface area contributed by atoms with Crippen molar-refractivity contribution >= 4 is 52.5 Å². The Morgan fingerprint density at radius 3 is 2.39 bits per heavy atom. The summed E-state index contributed by atoms with van der Waals surface area (Å²) in [6.07, 6.45) is -3.89. The second kappa shape index (κ2) is 8.78. The van der Waals surface area contributed by atoms with Gasteiger partial charge in [0.05, 0.1) is 15.7 Å². The second-order valence-corrected chi connectivity index (χ2v) is 6.09. The molecular weight excluding hydrogens is 418 g/mol. The Bertz CT molecular complexity index is 998. The van der Waals surface area contributed by atoms with Crippen LogP contribution in [0.4, 0.5) is 24.5 Å². The normalized spacial score (nSPS) is 11.5. The van der Waals surface area contributed by atoms with Crippen LogP contribution >= 0.6 is 23.2 Å². The van der Waals surface area contributed by atoms with Gasteiger partial charge in [-0.05, 0) is 35.9 Å². The maximum atomic E-state index is 12.3. The molecule has 2 rings (SSSR count). The Balaban J connectivity index is 2.23. The van der Waals surface area contributed by atoms with Crippen LogP contribution in [0.1, 0.15) is 5.56 Å². The van der Waals surface area contributed by atoms with Crippen LogP contribution in [0.15, 0.2) is 48.0 Å². The molecule has 0 aliphatic carbocycles. The van der Waals surface area contributed by atoms with E-state index in [1.54, 1.807) is 17.5 Å². The van der Waals surface area contributed by atoms with E-state index in [0.717, 1.165) is 6.08 Å².